The number of rotatable bonds is 2. The van der Waals surface area contributed by atoms with E-state index in [1.807, 2.05) is 11.3 Å². The Morgan fingerprint density at radius 2 is 1.78 bits per heavy atom. The highest BCUT2D eigenvalue weighted by Crippen LogP contribution is 2.63. The van der Waals surface area contributed by atoms with E-state index in [-0.39, 0.29) is 23.7 Å². The van der Waals surface area contributed by atoms with E-state index in [1.54, 1.807) is 0 Å². The van der Waals surface area contributed by atoms with Gasteiger partial charge in [0.1, 0.15) is 0 Å². The van der Waals surface area contributed by atoms with Gasteiger partial charge in [0, 0.05) is 16.1 Å². The van der Waals surface area contributed by atoms with Crippen LogP contribution in [0.1, 0.15) is 45.9 Å². The van der Waals surface area contributed by atoms with Crippen molar-refractivity contribution in [3.8, 4) is 0 Å². The molecule has 1 saturated carbocycles. The Morgan fingerprint density at radius 3 is 2.28 bits per heavy atom. The summed E-state index contributed by atoms with van der Waals surface area (Å²) in [6, 6.07) is 4.36. The summed E-state index contributed by atoms with van der Waals surface area (Å²) < 4.78 is 12.3. The maximum Gasteiger partial charge on any atom is 0.462 e. The standard InChI is InChI=1S/C14H21BO2S/c1-12(2)13(3,4)17-15(16-12)10-9-14(10,5)11-7-6-8-18-11/h6-8,10H,9H2,1-5H3/t10-,14-/m1/s1. The van der Waals surface area contributed by atoms with Crippen LogP contribution in [0.4, 0.5) is 0 Å². The third-order valence-corrected chi connectivity index (χ3v) is 6.14. The van der Waals surface area contributed by atoms with Gasteiger partial charge in [0.25, 0.3) is 0 Å². The molecule has 1 aromatic rings. The molecule has 0 bridgehead atoms. The summed E-state index contributed by atoms with van der Waals surface area (Å²) in [7, 11) is -0.0536. The van der Waals surface area contributed by atoms with Gasteiger partial charge >= 0.3 is 7.12 Å². The highest BCUT2D eigenvalue weighted by atomic mass is 32.1. The Bertz CT molecular complexity index is 438. The van der Waals surface area contributed by atoms with E-state index in [4.69, 9.17) is 9.31 Å². The average Bonchev–Trinajstić information content (AvgIpc) is 2.65. The van der Waals surface area contributed by atoms with Crippen LogP contribution < -0.4 is 0 Å². The summed E-state index contributed by atoms with van der Waals surface area (Å²) in [5.74, 6) is 0.497. The second-order valence-corrected chi connectivity index (χ2v) is 7.78. The Labute approximate surface area is 114 Å². The molecule has 0 unspecified atom stereocenters. The number of hydrogen-bond acceptors (Lipinski definition) is 3. The van der Waals surface area contributed by atoms with Crippen molar-refractivity contribution >= 4 is 18.5 Å². The lowest BCUT2D eigenvalue weighted by atomic mass is 9.77. The molecule has 1 aromatic heterocycles. The first kappa shape index (κ1) is 12.7. The van der Waals surface area contributed by atoms with Gasteiger partial charge in [-0.25, -0.2) is 0 Å². The fourth-order valence-corrected chi connectivity index (χ4v) is 3.70. The molecule has 0 aromatic carbocycles. The lowest BCUT2D eigenvalue weighted by molar-refractivity contribution is 0.00578. The van der Waals surface area contributed by atoms with Crippen LogP contribution in [0.3, 0.4) is 0 Å². The summed E-state index contributed by atoms with van der Waals surface area (Å²) in [6.07, 6.45) is 1.17. The van der Waals surface area contributed by atoms with E-state index < -0.39 is 0 Å². The van der Waals surface area contributed by atoms with Crippen molar-refractivity contribution in [1.82, 2.24) is 0 Å². The number of hydrogen-bond donors (Lipinski definition) is 0. The molecule has 0 N–H and O–H groups in total. The van der Waals surface area contributed by atoms with Crippen LogP contribution in [0, 0.1) is 0 Å². The molecule has 18 heavy (non-hydrogen) atoms. The SMILES string of the molecule is CC1(C)OB([C@@H]2C[C@@]2(C)c2cccs2)OC1(C)C. The molecule has 1 aliphatic heterocycles. The Morgan fingerprint density at radius 1 is 1.17 bits per heavy atom. The van der Waals surface area contributed by atoms with Crippen molar-refractivity contribution in [1.29, 1.82) is 0 Å². The molecular formula is C14H21BO2S. The van der Waals surface area contributed by atoms with Crippen molar-refractivity contribution in [2.75, 3.05) is 0 Å². The molecule has 0 spiro atoms. The second kappa shape index (κ2) is 3.62. The van der Waals surface area contributed by atoms with Crippen LogP contribution in [-0.4, -0.2) is 18.3 Å². The van der Waals surface area contributed by atoms with Gasteiger partial charge in [-0.3, -0.25) is 0 Å². The number of thiophene rings is 1. The van der Waals surface area contributed by atoms with Crippen LogP contribution >= 0.6 is 11.3 Å². The normalized spacial score (nSPS) is 36.9. The molecular weight excluding hydrogens is 243 g/mol. The van der Waals surface area contributed by atoms with Crippen LogP contribution in [-0.2, 0) is 14.7 Å². The van der Waals surface area contributed by atoms with Gasteiger partial charge in [-0.1, -0.05) is 13.0 Å². The predicted octanol–water partition coefficient (Wildman–Crippen LogP) is 3.87. The minimum absolute atomic E-state index is 0.0536. The lowest BCUT2D eigenvalue weighted by Gasteiger charge is -2.32. The summed E-state index contributed by atoms with van der Waals surface area (Å²) in [6.45, 7) is 10.8. The van der Waals surface area contributed by atoms with Gasteiger partial charge in [-0.15, -0.1) is 11.3 Å². The first-order valence-corrected chi connectivity index (χ1v) is 7.54. The molecule has 4 heteroatoms. The van der Waals surface area contributed by atoms with Gasteiger partial charge < -0.3 is 9.31 Å². The summed E-state index contributed by atoms with van der Waals surface area (Å²) >= 11 is 1.84. The van der Waals surface area contributed by atoms with E-state index in [2.05, 4.69) is 52.1 Å². The van der Waals surface area contributed by atoms with Crippen molar-refractivity contribution in [3.63, 3.8) is 0 Å². The van der Waals surface area contributed by atoms with E-state index in [0.29, 0.717) is 5.82 Å². The molecule has 3 rings (SSSR count). The van der Waals surface area contributed by atoms with Crippen molar-refractivity contribution in [2.24, 2.45) is 0 Å². The van der Waals surface area contributed by atoms with Gasteiger partial charge in [0.05, 0.1) is 11.2 Å². The minimum Gasteiger partial charge on any atom is -0.403 e. The zero-order valence-corrected chi connectivity index (χ0v) is 12.6. The van der Waals surface area contributed by atoms with E-state index in [9.17, 15) is 0 Å². The topological polar surface area (TPSA) is 18.5 Å². The highest BCUT2D eigenvalue weighted by Gasteiger charge is 2.65. The van der Waals surface area contributed by atoms with Crippen LogP contribution in [0.15, 0.2) is 17.5 Å². The van der Waals surface area contributed by atoms with Gasteiger partial charge in [0.2, 0.25) is 0 Å². The van der Waals surface area contributed by atoms with Crippen molar-refractivity contribution in [3.05, 3.63) is 22.4 Å². The molecule has 2 heterocycles. The Hall–Kier alpha value is -0.315. The summed E-state index contributed by atoms with van der Waals surface area (Å²) in [5.41, 5.74) is -0.164. The Kier molecular flexibility index (Phi) is 2.55. The van der Waals surface area contributed by atoms with E-state index in [0.717, 1.165) is 0 Å². The summed E-state index contributed by atoms with van der Waals surface area (Å²) in [5, 5.41) is 2.15. The maximum absolute atomic E-state index is 6.16. The predicted molar refractivity (Wildman–Crippen MR) is 76.1 cm³/mol. The highest BCUT2D eigenvalue weighted by molar-refractivity contribution is 7.10. The fourth-order valence-electron chi connectivity index (χ4n) is 2.73. The second-order valence-electron chi connectivity index (χ2n) is 6.83. The molecule has 1 aliphatic carbocycles. The van der Waals surface area contributed by atoms with E-state index in [1.165, 1.54) is 11.3 Å². The van der Waals surface area contributed by atoms with Gasteiger partial charge in [-0.05, 0) is 45.6 Å². The smallest absolute Gasteiger partial charge is 0.403 e. The molecule has 98 valence electrons. The molecule has 2 fully saturated rings. The van der Waals surface area contributed by atoms with Crippen LogP contribution in [0.25, 0.3) is 0 Å². The minimum atomic E-state index is -0.212. The van der Waals surface area contributed by atoms with Crippen LogP contribution in [0.5, 0.6) is 0 Å². The summed E-state index contributed by atoms with van der Waals surface area (Å²) in [4.78, 5) is 1.46. The molecule has 0 radical (unpaired) electrons. The molecule has 2 aliphatic rings. The molecule has 0 amide bonds. The van der Waals surface area contributed by atoms with Crippen LogP contribution in [0.2, 0.25) is 5.82 Å². The maximum atomic E-state index is 6.16. The lowest BCUT2D eigenvalue weighted by Crippen LogP contribution is -2.41. The third kappa shape index (κ3) is 1.69. The van der Waals surface area contributed by atoms with Crippen molar-refractivity contribution < 1.29 is 9.31 Å². The molecule has 2 nitrogen and oxygen atoms in total. The van der Waals surface area contributed by atoms with Gasteiger partial charge in [0.15, 0.2) is 0 Å². The largest absolute Gasteiger partial charge is 0.462 e. The Balaban J connectivity index is 1.77. The van der Waals surface area contributed by atoms with E-state index >= 15 is 0 Å². The zero-order chi connectivity index (χ0) is 13.2. The average molecular weight is 264 g/mol. The molecule has 1 saturated heterocycles. The fraction of sp³-hybridized carbons (Fsp3) is 0.714. The monoisotopic (exact) mass is 264 g/mol. The molecule has 2 atom stereocenters. The zero-order valence-electron chi connectivity index (χ0n) is 11.8. The third-order valence-electron chi connectivity index (χ3n) is 4.99. The first-order chi connectivity index (χ1) is 8.26. The first-order valence-electron chi connectivity index (χ1n) is 6.66. The van der Waals surface area contributed by atoms with Crippen molar-refractivity contribution in [2.45, 2.75) is 63.5 Å². The quantitative estimate of drug-likeness (QED) is 0.755. The van der Waals surface area contributed by atoms with Gasteiger partial charge in [-0.2, -0.15) is 0 Å².